The summed E-state index contributed by atoms with van der Waals surface area (Å²) in [5.41, 5.74) is 5.57. The minimum atomic E-state index is -0.947. The minimum Gasteiger partial charge on any atom is -0.427 e. The van der Waals surface area contributed by atoms with E-state index in [1.807, 2.05) is 32.0 Å². The van der Waals surface area contributed by atoms with Crippen molar-refractivity contribution in [3.05, 3.63) is 24.4 Å². The molecule has 0 aliphatic heterocycles. The van der Waals surface area contributed by atoms with Gasteiger partial charge in [-0.15, -0.1) is 0 Å². The van der Waals surface area contributed by atoms with E-state index < -0.39 is 11.2 Å². The third kappa shape index (κ3) is 3.08. The molecule has 1 radical (unpaired) electrons. The van der Waals surface area contributed by atoms with Gasteiger partial charge in [-0.3, -0.25) is 0 Å². The van der Waals surface area contributed by atoms with Crippen molar-refractivity contribution in [2.24, 2.45) is 0 Å². The molecule has 20 heavy (non-hydrogen) atoms. The topological polar surface area (TPSA) is 81.3 Å². The lowest BCUT2D eigenvalue weighted by Gasteiger charge is -2.37. The first-order chi connectivity index (χ1) is 9.19. The van der Waals surface area contributed by atoms with Crippen LogP contribution < -0.4 is 11.2 Å². The van der Waals surface area contributed by atoms with E-state index in [1.165, 1.54) is 0 Å². The van der Waals surface area contributed by atoms with E-state index in [1.54, 1.807) is 27.5 Å². The Labute approximate surface area is 119 Å². The number of hydrogen-bond acceptors (Lipinski definition) is 5. The third-order valence-corrected chi connectivity index (χ3v) is 3.59. The molecule has 0 fully saturated rings. The molecule has 5 nitrogen and oxygen atoms in total. The van der Waals surface area contributed by atoms with Crippen molar-refractivity contribution in [2.75, 3.05) is 5.73 Å². The molecular formula is C14H19BN3O2. The van der Waals surface area contributed by atoms with Crippen LogP contribution in [0.5, 0.6) is 0 Å². The van der Waals surface area contributed by atoms with Crippen LogP contribution in [0.2, 0.25) is 0 Å². The second kappa shape index (κ2) is 5.03. The number of benzene rings is 1. The summed E-state index contributed by atoms with van der Waals surface area (Å²) in [6, 6.07) is 5.66. The zero-order valence-corrected chi connectivity index (χ0v) is 12.2. The SMILES string of the molecule is CC(C)(O)C(C)(C)O[B]c1ccc2nc(N)ncc2c1. The van der Waals surface area contributed by atoms with Crippen LogP contribution in [-0.2, 0) is 4.65 Å². The molecule has 2 rings (SSSR count). The van der Waals surface area contributed by atoms with E-state index in [9.17, 15) is 5.11 Å². The second-order valence-electron chi connectivity index (χ2n) is 5.85. The van der Waals surface area contributed by atoms with E-state index in [0.717, 1.165) is 16.4 Å². The van der Waals surface area contributed by atoms with Gasteiger partial charge in [-0.25, -0.2) is 9.97 Å². The van der Waals surface area contributed by atoms with Crippen molar-refractivity contribution < 1.29 is 9.76 Å². The predicted molar refractivity (Wildman–Crippen MR) is 80.8 cm³/mol. The number of nitrogen functional groups attached to an aromatic ring is 1. The molecule has 0 saturated carbocycles. The lowest BCUT2D eigenvalue weighted by molar-refractivity contribution is -0.0893. The fraction of sp³-hybridized carbons (Fsp3) is 0.429. The number of nitrogens with two attached hydrogens (primary N) is 1. The van der Waals surface area contributed by atoms with Gasteiger partial charge in [0.2, 0.25) is 5.95 Å². The molecule has 3 N–H and O–H groups in total. The maximum Gasteiger partial charge on any atom is 0.330 e. The standard InChI is InChI=1S/C14H19BN3O2/c1-13(2,19)14(3,4)20-15-10-5-6-11-9(7-10)8-17-12(16)18-11/h5-8,19H,1-4H3,(H2,16,17,18). The highest BCUT2D eigenvalue weighted by Gasteiger charge is 2.35. The Morgan fingerprint density at radius 2 is 1.95 bits per heavy atom. The van der Waals surface area contributed by atoms with Crippen LogP contribution in [0.4, 0.5) is 5.95 Å². The molecule has 1 aromatic carbocycles. The highest BCUT2D eigenvalue weighted by atomic mass is 16.5. The Balaban J connectivity index is 2.17. The van der Waals surface area contributed by atoms with Crippen LogP contribution in [0.15, 0.2) is 24.4 Å². The van der Waals surface area contributed by atoms with Gasteiger partial charge in [-0.05, 0) is 33.8 Å². The lowest BCUT2D eigenvalue weighted by Crippen LogP contribution is -2.49. The number of fused-ring (bicyclic) bond motifs is 1. The Hall–Kier alpha value is -1.66. The maximum absolute atomic E-state index is 10.0. The number of nitrogens with zero attached hydrogens (tertiary/aromatic N) is 2. The maximum atomic E-state index is 10.0. The van der Waals surface area contributed by atoms with E-state index in [2.05, 4.69) is 9.97 Å². The van der Waals surface area contributed by atoms with Gasteiger partial charge in [-0.1, -0.05) is 17.6 Å². The van der Waals surface area contributed by atoms with Crippen LogP contribution in [0.25, 0.3) is 10.9 Å². The molecule has 105 valence electrons. The molecule has 0 unspecified atom stereocenters. The van der Waals surface area contributed by atoms with Crippen molar-refractivity contribution in [2.45, 2.75) is 38.9 Å². The quantitative estimate of drug-likeness (QED) is 0.812. The average molecular weight is 272 g/mol. The normalized spacial score (nSPS) is 12.7. The van der Waals surface area contributed by atoms with Crippen LogP contribution in [-0.4, -0.2) is 33.8 Å². The van der Waals surface area contributed by atoms with E-state index in [4.69, 9.17) is 10.4 Å². The molecule has 0 bridgehead atoms. The van der Waals surface area contributed by atoms with Crippen molar-refractivity contribution in [3.8, 4) is 0 Å². The lowest BCUT2D eigenvalue weighted by atomic mass is 9.82. The first-order valence-corrected chi connectivity index (χ1v) is 6.45. The van der Waals surface area contributed by atoms with E-state index >= 15 is 0 Å². The van der Waals surface area contributed by atoms with Gasteiger partial charge >= 0.3 is 7.48 Å². The molecule has 0 spiro atoms. The van der Waals surface area contributed by atoms with Crippen molar-refractivity contribution in [1.82, 2.24) is 9.97 Å². The molecule has 0 atom stereocenters. The molecule has 0 aliphatic rings. The predicted octanol–water partition coefficient (Wildman–Crippen LogP) is 1.02. The summed E-state index contributed by atoms with van der Waals surface area (Å²) in [7, 11) is 1.63. The van der Waals surface area contributed by atoms with E-state index in [-0.39, 0.29) is 5.95 Å². The van der Waals surface area contributed by atoms with Gasteiger partial charge in [0, 0.05) is 11.6 Å². The first kappa shape index (κ1) is 14.7. The summed E-state index contributed by atoms with van der Waals surface area (Å²) in [6.07, 6.45) is 1.68. The van der Waals surface area contributed by atoms with Gasteiger partial charge in [0.25, 0.3) is 0 Å². The molecule has 1 aromatic heterocycles. The smallest absolute Gasteiger partial charge is 0.330 e. The average Bonchev–Trinajstić information content (AvgIpc) is 2.35. The van der Waals surface area contributed by atoms with Crippen molar-refractivity contribution in [1.29, 1.82) is 0 Å². The van der Waals surface area contributed by atoms with Crippen LogP contribution in [0.3, 0.4) is 0 Å². The van der Waals surface area contributed by atoms with Crippen LogP contribution in [0, 0.1) is 0 Å². The fourth-order valence-electron chi connectivity index (χ4n) is 1.50. The third-order valence-electron chi connectivity index (χ3n) is 3.59. The Morgan fingerprint density at radius 3 is 2.60 bits per heavy atom. The Kier molecular flexibility index (Phi) is 3.71. The summed E-state index contributed by atoms with van der Waals surface area (Å²) in [5, 5.41) is 10.9. The van der Waals surface area contributed by atoms with Gasteiger partial charge < -0.3 is 15.5 Å². The highest BCUT2D eigenvalue weighted by molar-refractivity contribution is 6.47. The van der Waals surface area contributed by atoms with Gasteiger partial charge in [0.1, 0.15) is 0 Å². The fourth-order valence-corrected chi connectivity index (χ4v) is 1.50. The van der Waals surface area contributed by atoms with Gasteiger partial charge in [0.15, 0.2) is 0 Å². The Morgan fingerprint density at radius 1 is 1.25 bits per heavy atom. The van der Waals surface area contributed by atoms with Crippen LogP contribution in [0.1, 0.15) is 27.7 Å². The second-order valence-corrected chi connectivity index (χ2v) is 5.85. The summed E-state index contributed by atoms with van der Waals surface area (Å²) < 4.78 is 5.71. The number of rotatable bonds is 4. The van der Waals surface area contributed by atoms with E-state index in [0.29, 0.717) is 0 Å². The molecule has 6 heteroatoms. The number of aromatic nitrogens is 2. The highest BCUT2D eigenvalue weighted by Crippen LogP contribution is 2.24. The molecule has 1 heterocycles. The summed E-state index contributed by atoms with van der Waals surface area (Å²) in [6.45, 7) is 7.12. The summed E-state index contributed by atoms with van der Waals surface area (Å²) in [4.78, 5) is 8.11. The molecule has 0 amide bonds. The zero-order chi connectivity index (χ0) is 15.0. The molecule has 0 saturated heterocycles. The number of anilines is 1. The molecule has 0 aliphatic carbocycles. The van der Waals surface area contributed by atoms with Crippen LogP contribution >= 0.6 is 0 Å². The largest absolute Gasteiger partial charge is 0.427 e. The van der Waals surface area contributed by atoms with Crippen molar-refractivity contribution in [3.63, 3.8) is 0 Å². The minimum absolute atomic E-state index is 0.258. The Bertz CT molecular complexity index is 623. The molecule has 2 aromatic rings. The molecular weight excluding hydrogens is 253 g/mol. The monoisotopic (exact) mass is 272 g/mol. The van der Waals surface area contributed by atoms with Gasteiger partial charge in [0.05, 0.1) is 16.7 Å². The van der Waals surface area contributed by atoms with Crippen molar-refractivity contribution >= 4 is 29.8 Å². The zero-order valence-electron chi connectivity index (χ0n) is 12.2. The van der Waals surface area contributed by atoms with Gasteiger partial charge in [-0.2, -0.15) is 0 Å². The number of aliphatic hydroxyl groups is 1. The first-order valence-electron chi connectivity index (χ1n) is 6.45. The number of hydrogen-bond donors (Lipinski definition) is 2. The summed E-state index contributed by atoms with van der Waals surface area (Å²) >= 11 is 0. The summed E-state index contributed by atoms with van der Waals surface area (Å²) in [5.74, 6) is 0.258.